The molecule has 0 spiro atoms. The van der Waals surface area contributed by atoms with Crippen molar-refractivity contribution in [2.75, 3.05) is 18.9 Å². The average molecular weight is 516 g/mol. The third-order valence-corrected chi connectivity index (χ3v) is 5.84. The molecule has 0 saturated heterocycles. The van der Waals surface area contributed by atoms with Crippen molar-refractivity contribution in [2.24, 2.45) is 0 Å². The number of aromatic nitrogens is 1. The summed E-state index contributed by atoms with van der Waals surface area (Å²) in [5.74, 6) is 1.39. The number of thiazole rings is 1. The van der Waals surface area contributed by atoms with Gasteiger partial charge in [-0.25, -0.2) is 4.98 Å². The molecule has 8 nitrogen and oxygen atoms in total. The van der Waals surface area contributed by atoms with E-state index in [0.29, 0.717) is 11.6 Å². The molecule has 2 N–H and O–H groups in total. The molecule has 0 radical (unpaired) electrons. The number of carbonyl (C=O) groups is 2. The minimum atomic E-state index is -4.78. The number of hydrogen-bond donors (Lipinski definition) is 2. The van der Waals surface area contributed by atoms with Crippen LogP contribution in [0.5, 0.6) is 11.5 Å². The van der Waals surface area contributed by atoms with Gasteiger partial charge >= 0.3 is 6.36 Å². The molecule has 182 valence electrons. The van der Waals surface area contributed by atoms with Gasteiger partial charge in [0, 0.05) is 17.7 Å². The molecule has 2 aromatic heterocycles. The van der Waals surface area contributed by atoms with E-state index in [1.54, 1.807) is 23.4 Å². The lowest BCUT2D eigenvalue weighted by Crippen LogP contribution is -2.28. The number of nitrogens with one attached hydrogen (secondary N) is 2. The first-order chi connectivity index (χ1) is 16.3. The Morgan fingerprint density at radius 3 is 2.59 bits per heavy atom. The van der Waals surface area contributed by atoms with Crippen molar-refractivity contribution >= 4 is 34.9 Å². The molecule has 2 heterocycles. The van der Waals surface area contributed by atoms with E-state index in [1.807, 2.05) is 12.1 Å². The van der Waals surface area contributed by atoms with E-state index in [-0.39, 0.29) is 36.3 Å². The molecule has 0 aliphatic carbocycles. The average Bonchev–Trinajstić information content (AvgIpc) is 3.48. The van der Waals surface area contributed by atoms with Crippen LogP contribution in [0, 0.1) is 0 Å². The van der Waals surface area contributed by atoms with Crippen molar-refractivity contribution in [1.29, 1.82) is 0 Å². The summed E-state index contributed by atoms with van der Waals surface area (Å²) < 4.78 is 50.7. The zero-order chi connectivity index (χ0) is 24.4. The summed E-state index contributed by atoms with van der Waals surface area (Å²) in [4.78, 5) is 28.3. The zero-order valence-electron chi connectivity index (χ0n) is 17.6. The van der Waals surface area contributed by atoms with Crippen molar-refractivity contribution in [3.63, 3.8) is 0 Å². The molecular formula is C21H20F3N3O5S2. The lowest BCUT2D eigenvalue weighted by molar-refractivity contribution is -0.274. The van der Waals surface area contributed by atoms with E-state index in [1.165, 1.54) is 23.5 Å². The largest absolute Gasteiger partial charge is 0.573 e. The lowest BCUT2D eigenvalue weighted by Gasteiger charge is -2.10. The normalized spacial score (nSPS) is 11.1. The highest BCUT2D eigenvalue weighted by Crippen LogP contribution is 2.24. The number of carbonyl (C=O) groups excluding carboxylic acids is 2. The quantitative estimate of drug-likeness (QED) is 0.352. The molecule has 3 rings (SSSR count). The number of alkyl halides is 3. The second-order valence-electron chi connectivity index (χ2n) is 6.60. The fourth-order valence-corrected chi connectivity index (χ4v) is 3.97. The highest BCUT2D eigenvalue weighted by molar-refractivity contribution is 7.98. The second kappa shape index (κ2) is 12.3. The molecule has 0 fully saturated rings. The number of thioether (sulfide) groups is 1. The number of benzene rings is 1. The van der Waals surface area contributed by atoms with Gasteiger partial charge in [0.1, 0.15) is 28.0 Å². The fourth-order valence-electron chi connectivity index (χ4n) is 2.50. The molecular weight excluding hydrogens is 495 g/mol. The first-order valence-corrected chi connectivity index (χ1v) is 11.9. The molecule has 0 bridgehead atoms. The van der Waals surface area contributed by atoms with Gasteiger partial charge in [0.2, 0.25) is 0 Å². The lowest BCUT2D eigenvalue weighted by atomic mass is 10.3. The van der Waals surface area contributed by atoms with E-state index in [9.17, 15) is 22.8 Å². The molecule has 0 unspecified atom stereocenters. The molecule has 0 atom stereocenters. The molecule has 2 amide bonds. The van der Waals surface area contributed by atoms with Crippen molar-refractivity contribution in [3.05, 3.63) is 64.5 Å². The SMILES string of the molecule is O=C(COc1ccc(OC(F)(F)F)cc1)NCc1nc(C(=O)NCCSCc2ccco2)cs1. The summed E-state index contributed by atoms with van der Waals surface area (Å²) in [6.07, 6.45) is -3.16. The highest BCUT2D eigenvalue weighted by atomic mass is 32.2. The molecule has 3 aromatic rings. The monoisotopic (exact) mass is 515 g/mol. The number of rotatable bonds is 12. The third-order valence-electron chi connectivity index (χ3n) is 4.00. The molecule has 13 heteroatoms. The minimum absolute atomic E-state index is 0.109. The maximum atomic E-state index is 12.2. The molecule has 0 saturated carbocycles. The Labute approximate surface area is 200 Å². The Bertz CT molecular complexity index is 1060. The highest BCUT2D eigenvalue weighted by Gasteiger charge is 2.31. The maximum Gasteiger partial charge on any atom is 0.573 e. The Hall–Kier alpha value is -3.19. The summed E-state index contributed by atoms with van der Waals surface area (Å²) in [6.45, 7) is 0.250. The topological polar surface area (TPSA) is 103 Å². The van der Waals surface area contributed by atoms with Crippen LogP contribution in [0.15, 0.2) is 52.5 Å². The second-order valence-corrected chi connectivity index (χ2v) is 8.65. The van der Waals surface area contributed by atoms with Crippen LogP contribution in [0.4, 0.5) is 13.2 Å². The van der Waals surface area contributed by atoms with Crippen LogP contribution < -0.4 is 20.1 Å². The van der Waals surface area contributed by atoms with E-state index < -0.39 is 12.3 Å². The Morgan fingerprint density at radius 1 is 1.12 bits per heavy atom. The number of ether oxygens (including phenoxy) is 2. The van der Waals surface area contributed by atoms with Crippen LogP contribution in [0.1, 0.15) is 21.3 Å². The van der Waals surface area contributed by atoms with Gasteiger partial charge in [0.15, 0.2) is 6.61 Å². The number of furan rings is 1. The molecule has 0 aliphatic rings. The van der Waals surface area contributed by atoms with Crippen LogP contribution in [0.25, 0.3) is 0 Å². The van der Waals surface area contributed by atoms with Crippen LogP contribution in [-0.4, -0.2) is 42.1 Å². The van der Waals surface area contributed by atoms with Gasteiger partial charge < -0.3 is 24.5 Å². The van der Waals surface area contributed by atoms with E-state index in [2.05, 4.69) is 20.4 Å². The van der Waals surface area contributed by atoms with Crippen molar-refractivity contribution in [2.45, 2.75) is 18.7 Å². The van der Waals surface area contributed by atoms with Gasteiger partial charge in [-0.1, -0.05) is 0 Å². The summed E-state index contributed by atoms with van der Waals surface area (Å²) in [7, 11) is 0. The number of nitrogens with zero attached hydrogens (tertiary/aromatic N) is 1. The summed E-state index contributed by atoms with van der Waals surface area (Å²) in [5.41, 5.74) is 0.266. The number of amides is 2. The Morgan fingerprint density at radius 2 is 1.88 bits per heavy atom. The summed E-state index contributed by atoms with van der Waals surface area (Å²) in [5, 5.41) is 7.54. The van der Waals surface area contributed by atoms with Crippen molar-refractivity contribution < 1.29 is 36.7 Å². The molecule has 0 aliphatic heterocycles. The van der Waals surface area contributed by atoms with Gasteiger partial charge in [-0.2, -0.15) is 11.8 Å². The van der Waals surface area contributed by atoms with Crippen LogP contribution in [-0.2, 0) is 17.1 Å². The predicted molar refractivity (Wildman–Crippen MR) is 120 cm³/mol. The standard InChI is InChI=1S/C21H20F3N3O5S2/c22-21(23,24)32-15-5-3-14(4-6-15)31-11-18(28)26-10-19-27-17(13-34-19)20(29)25-7-9-33-12-16-2-1-8-30-16/h1-6,8,13H,7,9-12H2,(H,25,29)(H,26,28). The van der Waals surface area contributed by atoms with Crippen LogP contribution in [0.3, 0.4) is 0 Å². The number of halogens is 3. The van der Waals surface area contributed by atoms with E-state index in [0.717, 1.165) is 29.4 Å². The maximum absolute atomic E-state index is 12.2. The number of hydrogen-bond acceptors (Lipinski definition) is 8. The Kier molecular flexibility index (Phi) is 9.22. The van der Waals surface area contributed by atoms with Crippen molar-refractivity contribution in [1.82, 2.24) is 15.6 Å². The van der Waals surface area contributed by atoms with Gasteiger partial charge in [-0.05, 0) is 36.4 Å². The molecule has 34 heavy (non-hydrogen) atoms. The minimum Gasteiger partial charge on any atom is -0.484 e. The summed E-state index contributed by atoms with van der Waals surface area (Å²) in [6, 6.07) is 8.40. The van der Waals surface area contributed by atoms with Crippen LogP contribution >= 0.6 is 23.1 Å². The van der Waals surface area contributed by atoms with Gasteiger partial charge in [0.25, 0.3) is 11.8 Å². The zero-order valence-corrected chi connectivity index (χ0v) is 19.2. The smallest absolute Gasteiger partial charge is 0.484 e. The first-order valence-electron chi connectivity index (χ1n) is 9.86. The third kappa shape index (κ3) is 8.98. The molecule has 1 aromatic carbocycles. The predicted octanol–water partition coefficient (Wildman–Crippen LogP) is 3.99. The van der Waals surface area contributed by atoms with Gasteiger partial charge in [0.05, 0.1) is 18.6 Å². The first kappa shape index (κ1) is 25.4. The summed E-state index contributed by atoms with van der Waals surface area (Å²) >= 11 is 2.86. The fraction of sp³-hybridized carbons (Fsp3) is 0.286. The van der Waals surface area contributed by atoms with E-state index in [4.69, 9.17) is 9.15 Å². The Balaban J connectivity index is 1.32. The van der Waals surface area contributed by atoms with Gasteiger partial charge in [-0.15, -0.1) is 24.5 Å². The van der Waals surface area contributed by atoms with Crippen molar-refractivity contribution in [3.8, 4) is 11.5 Å². The van der Waals surface area contributed by atoms with Gasteiger partial charge in [-0.3, -0.25) is 9.59 Å². The van der Waals surface area contributed by atoms with Crippen LogP contribution in [0.2, 0.25) is 0 Å². The van der Waals surface area contributed by atoms with E-state index >= 15 is 0 Å².